The maximum Gasteiger partial charge on any atom is 0.340 e. The number of hydrogen-bond donors (Lipinski definition) is 0. The van der Waals surface area contributed by atoms with Gasteiger partial charge >= 0.3 is 5.97 Å². The van der Waals surface area contributed by atoms with Crippen LogP contribution in [0.5, 0.6) is 0 Å². The molecule has 4 rings (SSSR count). The highest BCUT2D eigenvalue weighted by molar-refractivity contribution is 6.04. The number of esters is 1. The highest BCUT2D eigenvalue weighted by Crippen LogP contribution is 2.40. The first kappa shape index (κ1) is 17.4. The summed E-state index contributed by atoms with van der Waals surface area (Å²) in [6.45, 7) is 3.88. The zero-order valence-electron chi connectivity index (χ0n) is 15.8. The van der Waals surface area contributed by atoms with E-state index in [1.807, 2.05) is 16.8 Å². The summed E-state index contributed by atoms with van der Waals surface area (Å²) >= 11 is 0. The average molecular weight is 358 g/mol. The molecular weight excluding hydrogens is 336 g/mol. The summed E-state index contributed by atoms with van der Waals surface area (Å²) in [5.41, 5.74) is 4.51. The molecule has 1 fully saturated rings. The van der Waals surface area contributed by atoms with E-state index in [0.717, 1.165) is 22.4 Å². The standard InChI is InChI=1S/C23H22N2O2/c1-4-6-21-19-7-5-8-20(23(26)27-3)22(19)25(24-21)15(2)16-9-11-17(12-10-16)18-13-14-18/h5,7-12,15,18H,13-14H2,1-3H3. The highest BCUT2D eigenvalue weighted by Gasteiger charge is 2.24. The lowest BCUT2D eigenvalue weighted by molar-refractivity contribution is 0.0602. The van der Waals surface area contributed by atoms with Crippen LogP contribution in [0.1, 0.15) is 65.8 Å². The van der Waals surface area contributed by atoms with Crippen LogP contribution in [0.3, 0.4) is 0 Å². The van der Waals surface area contributed by atoms with Crippen LogP contribution in [0.25, 0.3) is 10.9 Å². The van der Waals surface area contributed by atoms with Crippen LogP contribution in [-0.4, -0.2) is 22.9 Å². The number of benzene rings is 2. The van der Waals surface area contributed by atoms with Crippen molar-refractivity contribution >= 4 is 16.9 Å². The van der Waals surface area contributed by atoms with E-state index in [-0.39, 0.29) is 12.0 Å². The molecule has 3 aromatic rings. The van der Waals surface area contributed by atoms with Gasteiger partial charge < -0.3 is 4.74 Å². The van der Waals surface area contributed by atoms with E-state index < -0.39 is 0 Å². The first-order chi connectivity index (χ1) is 13.1. The average Bonchev–Trinajstić information content (AvgIpc) is 3.49. The lowest BCUT2D eigenvalue weighted by Crippen LogP contribution is -2.12. The Bertz CT molecular complexity index is 1060. The Kier molecular flexibility index (Phi) is 4.45. The van der Waals surface area contributed by atoms with Crippen molar-refractivity contribution in [2.24, 2.45) is 0 Å². The van der Waals surface area contributed by atoms with Crippen molar-refractivity contribution in [2.75, 3.05) is 7.11 Å². The number of carbonyl (C=O) groups excluding carboxylic acids is 1. The molecule has 0 spiro atoms. The Hall–Kier alpha value is -3.06. The number of ether oxygens (including phenoxy) is 1. The smallest absolute Gasteiger partial charge is 0.340 e. The van der Waals surface area contributed by atoms with Gasteiger partial charge in [-0.15, -0.1) is 0 Å². The Morgan fingerprint density at radius 2 is 1.96 bits per heavy atom. The topological polar surface area (TPSA) is 44.1 Å². The van der Waals surface area contributed by atoms with Crippen LogP contribution in [0.4, 0.5) is 0 Å². The van der Waals surface area contributed by atoms with Crippen molar-refractivity contribution in [3.05, 3.63) is 64.8 Å². The predicted molar refractivity (Wildman–Crippen MR) is 106 cm³/mol. The van der Waals surface area contributed by atoms with Crippen LogP contribution < -0.4 is 0 Å². The fraction of sp³-hybridized carbons (Fsp3) is 0.304. The number of rotatable bonds is 4. The molecule has 1 saturated carbocycles. The zero-order valence-corrected chi connectivity index (χ0v) is 15.8. The van der Waals surface area contributed by atoms with Crippen molar-refractivity contribution < 1.29 is 9.53 Å². The third kappa shape index (κ3) is 3.10. The fourth-order valence-electron chi connectivity index (χ4n) is 3.56. The van der Waals surface area contributed by atoms with Gasteiger partial charge in [-0.3, -0.25) is 4.68 Å². The third-order valence-electron chi connectivity index (χ3n) is 5.21. The van der Waals surface area contributed by atoms with Crippen molar-refractivity contribution in [3.8, 4) is 11.8 Å². The lowest BCUT2D eigenvalue weighted by Gasteiger charge is -2.16. The molecule has 0 saturated heterocycles. The molecule has 0 amide bonds. The van der Waals surface area contributed by atoms with E-state index in [2.05, 4.69) is 43.0 Å². The summed E-state index contributed by atoms with van der Waals surface area (Å²) in [5.74, 6) is 6.34. The SMILES string of the molecule is CC#Cc1nn(C(C)c2ccc(C3CC3)cc2)c2c(C(=O)OC)cccc12. The first-order valence-corrected chi connectivity index (χ1v) is 9.26. The minimum atomic E-state index is -0.367. The second-order valence-corrected chi connectivity index (χ2v) is 6.98. The molecule has 1 aliphatic rings. The molecule has 136 valence electrons. The summed E-state index contributed by atoms with van der Waals surface area (Å²) in [7, 11) is 1.40. The molecule has 1 aliphatic carbocycles. The molecule has 27 heavy (non-hydrogen) atoms. The molecule has 0 N–H and O–H groups in total. The van der Waals surface area contributed by atoms with Gasteiger partial charge in [0.05, 0.1) is 24.2 Å². The van der Waals surface area contributed by atoms with Crippen molar-refractivity contribution in [2.45, 2.75) is 38.6 Å². The highest BCUT2D eigenvalue weighted by atomic mass is 16.5. The molecular formula is C23H22N2O2. The van der Waals surface area contributed by atoms with Gasteiger partial charge in [-0.1, -0.05) is 36.3 Å². The number of hydrogen-bond acceptors (Lipinski definition) is 3. The molecule has 4 nitrogen and oxygen atoms in total. The monoisotopic (exact) mass is 358 g/mol. The summed E-state index contributed by atoms with van der Waals surface area (Å²) in [5, 5.41) is 5.61. The van der Waals surface area contributed by atoms with Crippen LogP contribution in [0, 0.1) is 11.8 Å². The maximum atomic E-state index is 12.3. The van der Waals surface area contributed by atoms with Crippen LogP contribution >= 0.6 is 0 Å². The van der Waals surface area contributed by atoms with E-state index in [0.29, 0.717) is 11.3 Å². The molecule has 4 heteroatoms. The van der Waals surface area contributed by atoms with Crippen LogP contribution in [0.15, 0.2) is 42.5 Å². The Morgan fingerprint density at radius 3 is 2.59 bits per heavy atom. The minimum Gasteiger partial charge on any atom is -0.465 e. The van der Waals surface area contributed by atoms with E-state index in [9.17, 15) is 4.79 Å². The van der Waals surface area contributed by atoms with Gasteiger partial charge in [-0.2, -0.15) is 5.10 Å². The summed E-state index contributed by atoms with van der Waals surface area (Å²) < 4.78 is 6.88. The molecule has 1 heterocycles. The van der Waals surface area contributed by atoms with Crippen molar-refractivity contribution in [1.29, 1.82) is 0 Å². The second kappa shape index (κ2) is 6.92. The molecule has 1 aromatic heterocycles. The number of carbonyl (C=O) groups is 1. The predicted octanol–water partition coefficient (Wildman–Crippen LogP) is 4.68. The fourth-order valence-corrected chi connectivity index (χ4v) is 3.56. The molecule has 0 radical (unpaired) electrons. The summed E-state index contributed by atoms with van der Waals surface area (Å²) in [6.07, 6.45) is 2.58. The molecule has 2 aromatic carbocycles. The molecule has 1 atom stereocenters. The number of methoxy groups -OCH3 is 1. The largest absolute Gasteiger partial charge is 0.465 e. The van der Waals surface area contributed by atoms with Gasteiger partial charge in [0.1, 0.15) is 5.69 Å². The van der Waals surface area contributed by atoms with Crippen LogP contribution in [0.2, 0.25) is 0 Å². The van der Waals surface area contributed by atoms with Gasteiger partial charge in [0.25, 0.3) is 0 Å². The second-order valence-electron chi connectivity index (χ2n) is 6.98. The Morgan fingerprint density at radius 1 is 1.22 bits per heavy atom. The summed E-state index contributed by atoms with van der Waals surface area (Å²) in [6, 6.07) is 14.3. The number of nitrogens with zero attached hydrogens (tertiary/aromatic N) is 2. The quantitative estimate of drug-likeness (QED) is 0.502. The third-order valence-corrected chi connectivity index (χ3v) is 5.21. The summed E-state index contributed by atoms with van der Waals surface area (Å²) in [4.78, 5) is 12.3. The molecule has 0 bridgehead atoms. The van der Waals surface area contributed by atoms with E-state index >= 15 is 0 Å². The minimum absolute atomic E-state index is 0.0287. The van der Waals surface area contributed by atoms with E-state index in [4.69, 9.17) is 9.84 Å². The van der Waals surface area contributed by atoms with Crippen LogP contribution in [-0.2, 0) is 4.74 Å². The van der Waals surface area contributed by atoms with Gasteiger partial charge in [0, 0.05) is 5.39 Å². The maximum absolute atomic E-state index is 12.3. The molecule has 1 unspecified atom stereocenters. The Labute approximate surface area is 159 Å². The van der Waals surface area contributed by atoms with E-state index in [1.165, 1.54) is 25.5 Å². The lowest BCUT2D eigenvalue weighted by atomic mass is 10.0. The number of para-hydroxylation sites is 1. The normalized spacial score (nSPS) is 14.5. The number of fused-ring (bicyclic) bond motifs is 1. The van der Waals surface area contributed by atoms with Gasteiger partial charge in [0.2, 0.25) is 0 Å². The molecule has 0 aliphatic heterocycles. The Balaban J connectivity index is 1.85. The van der Waals surface area contributed by atoms with Gasteiger partial charge in [0.15, 0.2) is 0 Å². The van der Waals surface area contributed by atoms with Gasteiger partial charge in [-0.25, -0.2) is 4.79 Å². The first-order valence-electron chi connectivity index (χ1n) is 9.26. The van der Waals surface area contributed by atoms with Crippen molar-refractivity contribution in [3.63, 3.8) is 0 Å². The number of aromatic nitrogens is 2. The zero-order chi connectivity index (χ0) is 19.0. The van der Waals surface area contributed by atoms with E-state index in [1.54, 1.807) is 13.0 Å². The van der Waals surface area contributed by atoms with Crippen molar-refractivity contribution in [1.82, 2.24) is 9.78 Å². The van der Waals surface area contributed by atoms with Gasteiger partial charge in [-0.05, 0) is 61.8 Å².